The normalized spacial score (nSPS) is 20.0. The Morgan fingerprint density at radius 1 is 1.45 bits per heavy atom. The molecular formula is C17H27N3O2. The van der Waals surface area contributed by atoms with Gasteiger partial charge in [0.25, 0.3) is 0 Å². The van der Waals surface area contributed by atoms with E-state index in [1.54, 1.807) is 12.4 Å². The molecule has 2 rings (SSSR count). The summed E-state index contributed by atoms with van der Waals surface area (Å²) >= 11 is 0. The van der Waals surface area contributed by atoms with Crippen molar-refractivity contribution in [2.75, 3.05) is 6.61 Å². The first-order chi connectivity index (χ1) is 10.5. The summed E-state index contributed by atoms with van der Waals surface area (Å²) in [7, 11) is 0. The van der Waals surface area contributed by atoms with Gasteiger partial charge in [0.05, 0.1) is 18.2 Å². The van der Waals surface area contributed by atoms with Gasteiger partial charge in [-0.25, -0.2) is 4.79 Å². The number of aromatic nitrogens is 1. The number of pyridine rings is 1. The molecule has 1 aromatic heterocycles. The highest BCUT2D eigenvalue weighted by molar-refractivity contribution is 5.75. The largest absolute Gasteiger partial charge is 0.394 e. The van der Waals surface area contributed by atoms with Crippen molar-refractivity contribution in [1.82, 2.24) is 15.6 Å². The Bertz CT molecular complexity index is 474. The first-order valence-corrected chi connectivity index (χ1v) is 8.14. The predicted molar refractivity (Wildman–Crippen MR) is 86.4 cm³/mol. The highest BCUT2D eigenvalue weighted by atomic mass is 16.3. The number of urea groups is 1. The summed E-state index contributed by atoms with van der Waals surface area (Å²) in [6, 6.07) is 3.43. The number of aliphatic hydroxyl groups is 1. The van der Waals surface area contributed by atoms with Gasteiger partial charge >= 0.3 is 6.03 Å². The maximum Gasteiger partial charge on any atom is 0.315 e. The molecule has 2 atom stereocenters. The first kappa shape index (κ1) is 16.7. The maximum absolute atomic E-state index is 12.3. The second kappa shape index (κ2) is 7.58. The SMILES string of the molecule is C[C@@H](NC(=O)N[C@](C)(CO)C1CCCCC1)c1cccnc1. The molecule has 0 saturated heterocycles. The van der Waals surface area contributed by atoms with Gasteiger partial charge in [-0.05, 0) is 44.2 Å². The summed E-state index contributed by atoms with van der Waals surface area (Å²) in [4.78, 5) is 16.4. The minimum absolute atomic E-state index is 0.0354. The Balaban J connectivity index is 1.94. The number of carbonyl (C=O) groups excluding carboxylic acids is 1. The third kappa shape index (κ3) is 4.19. The minimum Gasteiger partial charge on any atom is -0.394 e. The molecule has 0 aliphatic heterocycles. The predicted octanol–water partition coefficient (Wildman–Crippen LogP) is 2.77. The zero-order valence-electron chi connectivity index (χ0n) is 13.5. The van der Waals surface area contributed by atoms with Gasteiger partial charge in [0.2, 0.25) is 0 Å². The number of amides is 2. The summed E-state index contributed by atoms with van der Waals surface area (Å²) in [6.07, 6.45) is 9.19. The summed E-state index contributed by atoms with van der Waals surface area (Å²) in [6.45, 7) is 3.83. The van der Waals surface area contributed by atoms with Gasteiger partial charge < -0.3 is 15.7 Å². The molecule has 1 saturated carbocycles. The van der Waals surface area contributed by atoms with E-state index in [0.717, 1.165) is 18.4 Å². The molecule has 0 spiro atoms. The van der Waals surface area contributed by atoms with Crippen molar-refractivity contribution < 1.29 is 9.90 Å². The zero-order chi connectivity index (χ0) is 16.0. The second-order valence-electron chi connectivity index (χ2n) is 6.52. The van der Waals surface area contributed by atoms with E-state index in [1.807, 2.05) is 26.0 Å². The standard InChI is InChI=1S/C17H27N3O2/c1-13(14-7-6-10-18-11-14)19-16(22)20-17(2,12-21)15-8-4-3-5-9-15/h6-7,10-11,13,15,21H,3-5,8-9,12H2,1-2H3,(H2,19,20,22)/t13-,17-/m1/s1. The fourth-order valence-electron chi connectivity index (χ4n) is 3.22. The summed E-state index contributed by atoms with van der Waals surface area (Å²) in [5, 5.41) is 15.7. The lowest BCUT2D eigenvalue weighted by molar-refractivity contribution is 0.101. The summed E-state index contributed by atoms with van der Waals surface area (Å²) in [5.41, 5.74) is 0.403. The van der Waals surface area contributed by atoms with Crippen molar-refractivity contribution in [1.29, 1.82) is 0 Å². The van der Waals surface area contributed by atoms with Crippen LogP contribution in [0.25, 0.3) is 0 Å². The molecular weight excluding hydrogens is 278 g/mol. The Morgan fingerprint density at radius 3 is 2.77 bits per heavy atom. The van der Waals surface area contributed by atoms with Crippen LogP contribution in [0.5, 0.6) is 0 Å². The maximum atomic E-state index is 12.3. The molecule has 1 aliphatic carbocycles. The molecule has 5 heteroatoms. The van der Waals surface area contributed by atoms with E-state index in [4.69, 9.17) is 0 Å². The van der Waals surface area contributed by atoms with Gasteiger partial charge in [0.15, 0.2) is 0 Å². The molecule has 2 amide bonds. The van der Waals surface area contributed by atoms with Crippen molar-refractivity contribution in [3.05, 3.63) is 30.1 Å². The lowest BCUT2D eigenvalue weighted by atomic mass is 9.76. The fourth-order valence-corrected chi connectivity index (χ4v) is 3.22. The highest BCUT2D eigenvalue weighted by Crippen LogP contribution is 2.32. The minimum atomic E-state index is -0.556. The van der Waals surface area contributed by atoms with E-state index < -0.39 is 5.54 Å². The average molecular weight is 305 g/mol. The lowest BCUT2D eigenvalue weighted by Crippen LogP contribution is -2.57. The summed E-state index contributed by atoms with van der Waals surface area (Å²) in [5.74, 6) is 0.339. The zero-order valence-corrected chi connectivity index (χ0v) is 13.5. The van der Waals surface area contributed by atoms with Crippen molar-refractivity contribution >= 4 is 6.03 Å². The van der Waals surface area contributed by atoms with E-state index in [-0.39, 0.29) is 18.7 Å². The van der Waals surface area contributed by atoms with Crippen LogP contribution in [0.4, 0.5) is 4.79 Å². The molecule has 1 fully saturated rings. The molecule has 1 heterocycles. The molecule has 0 unspecified atom stereocenters. The topological polar surface area (TPSA) is 74.2 Å². The van der Waals surface area contributed by atoms with Crippen LogP contribution in [-0.2, 0) is 0 Å². The first-order valence-electron chi connectivity index (χ1n) is 8.14. The van der Waals surface area contributed by atoms with Gasteiger partial charge in [0.1, 0.15) is 0 Å². The Morgan fingerprint density at radius 2 is 2.18 bits per heavy atom. The number of aliphatic hydroxyl groups excluding tert-OH is 1. The Kier molecular flexibility index (Phi) is 5.77. The van der Waals surface area contributed by atoms with Crippen molar-refractivity contribution in [2.45, 2.75) is 57.5 Å². The van der Waals surface area contributed by atoms with Gasteiger partial charge in [-0.1, -0.05) is 25.3 Å². The third-order valence-electron chi connectivity index (χ3n) is 4.77. The van der Waals surface area contributed by atoms with Gasteiger partial charge in [0, 0.05) is 12.4 Å². The molecule has 3 N–H and O–H groups in total. The van der Waals surface area contributed by atoms with E-state index in [0.29, 0.717) is 5.92 Å². The number of carbonyl (C=O) groups is 1. The second-order valence-corrected chi connectivity index (χ2v) is 6.52. The lowest BCUT2D eigenvalue weighted by Gasteiger charge is -2.39. The number of nitrogens with zero attached hydrogens (tertiary/aromatic N) is 1. The van der Waals surface area contributed by atoms with Crippen LogP contribution < -0.4 is 10.6 Å². The van der Waals surface area contributed by atoms with E-state index in [1.165, 1.54) is 19.3 Å². The van der Waals surface area contributed by atoms with Gasteiger partial charge in [-0.2, -0.15) is 0 Å². The fraction of sp³-hybridized carbons (Fsp3) is 0.647. The van der Waals surface area contributed by atoms with Gasteiger partial charge in [-0.3, -0.25) is 4.98 Å². The molecule has 0 aromatic carbocycles. The highest BCUT2D eigenvalue weighted by Gasteiger charge is 2.36. The Hall–Kier alpha value is -1.62. The average Bonchev–Trinajstić information content (AvgIpc) is 2.56. The molecule has 22 heavy (non-hydrogen) atoms. The van der Waals surface area contributed by atoms with Crippen molar-refractivity contribution in [3.63, 3.8) is 0 Å². The van der Waals surface area contributed by atoms with Crippen LogP contribution >= 0.6 is 0 Å². The monoisotopic (exact) mass is 305 g/mol. The number of rotatable bonds is 5. The smallest absolute Gasteiger partial charge is 0.315 e. The quantitative estimate of drug-likeness (QED) is 0.783. The van der Waals surface area contributed by atoms with Gasteiger partial charge in [-0.15, -0.1) is 0 Å². The third-order valence-corrected chi connectivity index (χ3v) is 4.77. The van der Waals surface area contributed by atoms with Crippen LogP contribution in [0.3, 0.4) is 0 Å². The van der Waals surface area contributed by atoms with Crippen LogP contribution in [0, 0.1) is 5.92 Å². The molecule has 0 radical (unpaired) electrons. The molecule has 5 nitrogen and oxygen atoms in total. The molecule has 1 aromatic rings. The summed E-state index contributed by atoms with van der Waals surface area (Å²) < 4.78 is 0. The van der Waals surface area contributed by atoms with Crippen LogP contribution in [0.1, 0.15) is 57.6 Å². The van der Waals surface area contributed by atoms with Crippen LogP contribution in [-0.4, -0.2) is 28.3 Å². The van der Waals surface area contributed by atoms with E-state index in [9.17, 15) is 9.90 Å². The van der Waals surface area contributed by atoms with Crippen molar-refractivity contribution in [3.8, 4) is 0 Å². The van der Waals surface area contributed by atoms with Crippen molar-refractivity contribution in [2.24, 2.45) is 5.92 Å². The number of hydrogen-bond donors (Lipinski definition) is 3. The molecule has 1 aliphatic rings. The van der Waals surface area contributed by atoms with E-state index in [2.05, 4.69) is 15.6 Å². The number of nitrogens with one attached hydrogen (secondary N) is 2. The number of hydrogen-bond acceptors (Lipinski definition) is 3. The molecule has 122 valence electrons. The van der Waals surface area contributed by atoms with Crippen LogP contribution in [0.15, 0.2) is 24.5 Å². The Labute approximate surface area is 132 Å². The van der Waals surface area contributed by atoms with Crippen LogP contribution in [0.2, 0.25) is 0 Å². The van der Waals surface area contributed by atoms with E-state index >= 15 is 0 Å². The molecule has 0 bridgehead atoms.